The molecule has 1 aliphatic heterocycles. The summed E-state index contributed by atoms with van der Waals surface area (Å²) >= 11 is 6.29. The number of hydrogen-bond acceptors (Lipinski definition) is 9. The fourth-order valence-corrected chi connectivity index (χ4v) is 5.00. The van der Waals surface area contributed by atoms with E-state index >= 15 is 0 Å². The second kappa shape index (κ2) is 8.87. The molecule has 32 heavy (non-hydrogen) atoms. The van der Waals surface area contributed by atoms with Crippen LogP contribution >= 0.6 is 11.6 Å². The molecule has 1 aromatic carbocycles. The molecule has 176 valence electrons. The number of halogens is 1. The second-order valence-electron chi connectivity index (χ2n) is 8.03. The summed E-state index contributed by atoms with van der Waals surface area (Å²) in [7, 11) is -3.59. The number of rotatable bonds is 6. The van der Waals surface area contributed by atoms with Gasteiger partial charge in [0.1, 0.15) is 0 Å². The molecule has 0 radical (unpaired) electrons. The van der Waals surface area contributed by atoms with E-state index in [1.165, 1.54) is 26.0 Å². The maximum atomic E-state index is 12.1. The third kappa shape index (κ3) is 4.84. The van der Waals surface area contributed by atoms with Crippen molar-refractivity contribution in [1.29, 1.82) is 0 Å². The zero-order valence-corrected chi connectivity index (χ0v) is 20.2. The van der Waals surface area contributed by atoms with E-state index in [2.05, 4.69) is 10.3 Å². The van der Waals surface area contributed by atoms with E-state index in [4.69, 9.17) is 25.8 Å². The lowest BCUT2D eigenvalue weighted by Gasteiger charge is -2.25. The van der Waals surface area contributed by atoms with E-state index in [0.717, 1.165) is 6.26 Å². The van der Waals surface area contributed by atoms with E-state index in [1.807, 2.05) is 13.8 Å². The lowest BCUT2D eigenvalue weighted by Crippen LogP contribution is -2.38. The molecule has 0 unspecified atom stereocenters. The summed E-state index contributed by atoms with van der Waals surface area (Å²) in [6.45, 7) is 8.02. The normalized spacial score (nSPS) is 23.5. The minimum atomic E-state index is -3.59. The SMILES string of the molecule is CC(=O)O[C@@H]1[C@H](OC(C)=O)[C@@H](C)O[C@H]1n1c(NC(C)C)nc2cc(S(C)(=O)=O)c(Cl)cc21. The van der Waals surface area contributed by atoms with Gasteiger partial charge in [0.2, 0.25) is 5.95 Å². The van der Waals surface area contributed by atoms with Gasteiger partial charge in [0.05, 0.1) is 27.1 Å². The van der Waals surface area contributed by atoms with Crippen molar-refractivity contribution < 1.29 is 32.2 Å². The number of ether oxygens (including phenoxy) is 3. The quantitative estimate of drug-likeness (QED) is 0.612. The fraction of sp³-hybridized carbons (Fsp3) is 0.550. The van der Waals surface area contributed by atoms with Gasteiger partial charge in [-0.1, -0.05) is 11.6 Å². The van der Waals surface area contributed by atoms with Crippen LogP contribution in [0.25, 0.3) is 11.0 Å². The zero-order valence-electron chi connectivity index (χ0n) is 18.6. The summed E-state index contributed by atoms with van der Waals surface area (Å²) in [5, 5.41) is 3.21. The highest BCUT2D eigenvalue weighted by Gasteiger charge is 2.49. The summed E-state index contributed by atoms with van der Waals surface area (Å²) in [5.41, 5.74) is 0.815. The Morgan fingerprint density at radius 3 is 2.31 bits per heavy atom. The van der Waals surface area contributed by atoms with Crippen LogP contribution in [-0.2, 0) is 33.6 Å². The Labute approximate surface area is 191 Å². The Balaban J connectivity index is 2.23. The average Bonchev–Trinajstić information content (AvgIpc) is 3.10. The average molecular weight is 488 g/mol. The van der Waals surface area contributed by atoms with Crippen molar-refractivity contribution in [3.8, 4) is 0 Å². The Kier molecular flexibility index (Phi) is 6.73. The number of hydrogen-bond donors (Lipinski definition) is 1. The topological polar surface area (TPSA) is 126 Å². The van der Waals surface area contributed by atoms with Crippen molar-refractivity contribution in [3.05, 3.63) is 17.2 Å². The van der Waals surface area contributed by atoms with Crippen molar-refractivity contribution >= 4 is 50.4 Å². The number of esters is 2. The van der Waals surface area contributed by atoms with Gasteiger partial charge >= 0.3 is 11.9 Å². The van der Waals surface area contributed by atoms with Crippen molar-refractivity contribution in [2.24, 2.45) is 0 Å². The lowest BCUT2D eigenvalue weighted by molar-refractivity contribution is -0.165. The third-order valence-electron chi connectivity index (χ3n) is 4.84. The highest BCUT2D eigenvalue weighted by atomic mass is 35.5. The Morgan fingerprint density at radius 2 is 1.78 bits per heavy atom. The van der Waals surface area contributed by atoms with E-state index in [-0.39, 0.29) is 16.0 Å². The highest BCUT2D eigenvalue weighted by molar-refractivity contribution is 7.90. The van der Waals surface area contributed by atoms with E-state index in [1.54, 1.807) is 11.5 Å². The zero-order chi connectivity index (χ0) is 24.0. The summed E-state index contributed by atoms with van der Waals surface area (Å²) in [6, 6.07) is 2.83. The first kappa shape index (κ1) is 24.3. The van der Waals surface area contributed by atoms with Crippen LogP contribution in [0, 0.1) is 0 Å². The molecule has 0 spiro atoms. The molecule has 2 aromatic rings. The molecular formula is C20H26ClN3O7S. The lowest BCUT2D eigenvalue weighted by atomic mass is 10.1. The maximum Gasteiger partial charge on any atom is 0.303 e. The van der Waals surface area contributed by atoms with Crippen LogP contribution in [0.5, 0.6) is 0 Å². The summed E-state index contributed by atoms with van der Waals surface area (Å²) in [6.07, 6.45) is -2.26. The fourth-order valence-electron chi connectivity index (χ4n) is 3.68. The number of aromatic nitrogens is 2. The van der Waals surface area contributed by atoms with Crippen molar-refractivity contribution in [2.45, 2.75) is 70.1 Å². The Morgan fingerprint density at radius 1 is 1.19 bits per heavy atom. The molecule has 1 N–H and O–H groups in total. The molecule has 12 heteroatoms. The van der Waals surface area contributed by atoms with Gasteiger partial charge in [-0.15, -0.1) is 0 Å². The van der Waals surface area contributed by atoms with Crippen LogP contribution in [0.2, 0.25) is 5.02 Å². The summed E-state index contributed by atoms with van der Waals surface area (Å²) in [5.74, 6) is -0.760. The van der Waals surface area contributed by atoms with Gasteiger partial charge in [0.25, 0.3) is 0 Å². The highest BCUT2D eigenvalue weighted by Crippen LogP contribution is 2.39. The summed E-state index contributed by atoms with van der Waals surface area (Å²) < 4.78 is 42.8. The third-order valence-corrected chi connectivity index (χ3v) is 6.40. The molecule has 1 saturated heterocycles. The predicted octanol–water partition coefficient (Wildman–Crippen LogP) is 2.69. The molecule has 2 heterocycles. The largest absolute Gasteiger partial charge is 0.456 e. The van der Waals surface area contributed by atoms with Crippen LogP contribution in [-0.4, -0.2) is 60.5 Å². The summed E-state index contributed by atoms with van der Waals surface area (Å²) in [4.78, 5) is 28.0. The number of carbonyl (C=O) groups excluding carboxylic acids is 2. The first-order chi connectivity index (χ1) is 14.8. The van der Waals surface area contributed by atoms with Crippen LogP contribution in [0.1, 0.15) is 40.8 Å². The number of imidazole rings is 1. The van der Waals surface area contributed by atoms with Crippen LogP contribution < -0.4 is 5.32 Å². The first-order valence-corrected chi connectivity index (χ1v) is 12.2. The predicted molar refractivity (Wildman–Crippen MR) is 117 cm³/mol. The molecule has 0 bridgehead atoms. The van der Waals surface area contributed by atoms with Gasteiger partial charge in [-0.05, 0) is 32.9 Å². The number of carbonyl (C=O) groups is 2. The molecule has 3 rings (SSSR count). The second-order valence-corrected chi connectivity index (χ2v) is 10.4. The standard InChI is InChI=1S/C20H26ClN3O7S/c1-9(2)22-20-23-14-8-16(32(6,27)28)13(21)7-15(14)24(20)19-18(31-12(5)26)17(10(3)29-19)30-11(4)25/h7-10,17-19H,1-6H3,(H,22,23)/t10-,17-,18-,19-/m1/s1. The molecule has 1 aromatic heterocycles. The minimum Gasteiger partial charge on any atom is -0.456 e. The molecule has 4 atom stereocenters. The van der Waals surface area contributed by atoms with Crippen molar-refractivity contribution in [2.75, 3.05) is 11.6 Å². The van der Waals surface area contributed by atoms with Gasteiger partial charge in [0.15, 0.2) is 28.3 Å². The number of anilines is 1. The molecular weight excluding hydrogens is 462 g/mol. The molecule has 0 amide bonds. The van der Waals surface area contributed by atoms with Crippen LogP contribution in [0.3, 0.4) is 0 Å². The number of sulfone groups is 1. The number of benzene rings is 1. The smallest absolute Gasteiger partial charge is 0.303 e. The van der Waals surface area contributed by atoms with E-state index in [0.29, 0.717) is 17.0 Å². The van der Waals surface area contributed by atoms with E-state index < -0.39 is 46.3 Å². The van der Waals surface area contributed by atoms with Gasteiger partial charge in [-0.25, -0.2) is 13.4 Å². The molecule has 0 aliphatic carbocycles. The maximum absolute atomic E-state index is 12.1. The molecule has 10 nitrogen and oxygen atoms in total. The van der Waals surface area contributed by atoms with Gasteiger partial charge in [-0.2, -0.15) is 0 Å². The molecule has 1 fully saturated rings. The van der Waals surface area contributed by atoms with Crippen molar-refractivity contribution in [3.63, 3.8) is 0 Å². The van der Waals surface area contributed by atoms with E-state index in [9.17, 15) is 18.0 Å². The molecule has 0 saturated carbocycles. The van der Waals surface area contributed by atoms with Crippen LogP contribution in [0.15, 0.2) is 17.0 Å². The minimum absolute atomic E-state index is 0.0175. The monoisotopic (exact) mass is 487 g/mol. The first-order valence-electron chi connectivity index (χ1n) is 9.97. The number of nitrogens with zero attached hydrogens (tertiary/aromatic N) is 2. The number of fused-ring (bicyclic) bond motifs is 1. The van der Waals surface area contributed by atoms with Crippen LogP contribution in [0.4, 0.5) is 5.95 Å². The number of nitrogens with one attached hydrogen (secondary N) is 1. The van der Waals surface area contributed by atoms with Gasteiger partial charge in [-0.3, -0.25) is 14.2 Å². The Bertz CT molecular complexity index is 1160. The Hall–Kier alpha value is -2.37. The van der Waals surface area contributed by atoms with Crippen molar-refractivity contribution in [1.82, 2.24) is 9.55 Å². The molecule has 1 aliphatic rings. The van der Waals surface area contributed by atoms with Gasteiger partial charge in [0, 0.05) is 26.1 Å². The van der Waals surface area contributed by atoms with Gasteiger partial charge < -0.3 is 19.5 Å².